The van der Waals surface area contributed by atoms with E-state index in [1.165, 1.54) is 12.1 Å². The van der Waals surface area contributed by atoms with Gasteiger partial charge in [0, 0.05) is 18.1 Å². The zero-order valence-electron chi connectivity index (χ0n) is 14.9. The first kappa shape index (κ1) is 17.7. The number of nitro benzene ring substituents is 1. The Hall–Kier alpha value is -3.68. The quantitative estimate of drug-likeness (QED) is 0.499. The van der Waals surface area contributed by atoms with Crippen molar-refractivity contribution < 1.29 is 14.5 Å². The van der Waals surface area contributed by atoms with E-state index in [0.29, 0.717) is 11.7 Å². The van der Waals surface area contributed by atoms with Gasteiger partial charge in [-0.2, -0.15) is 5.10 Å². The highest BCUT2D eigenvalue weighted by Crippen LogP contribution is 2.40. The molecule has 1 heterocycles. The minimum absolute atomic E-state index is 0.0536. The molecule has 0 radical (unpaired) electrons. The average Bonchev–Trinajstić information content (AvgIpc) is 3.48. The van der Waals surface area contributed by atoms with Crippen LogP contribution in [0.2, 0.25) is 0 Å². The van der Waals surface area contributed by atoms with Crippen molar-refractivity contribution in [1.82, 2.24) is 9.78 Å². The van der Waals surface area contributed by atoms with Gasteiger partial charge in [0.15, 0.2) is 12.4 Å². The third kappa shape index (κ3) is 3.85. The summed E-state index contributed by atoms with van der Waals surface area (Å²) in [6.45, 7) is -0.344. The summed E-state index contributed by atoms with van der Waals surface area (Å²) in [7, 11) is 0. The molecule has 0 bridgehead atoms. The van der Waals surface area contributed by atoms with Crippen LogP contribution in [0.4, 0.5) is 11.5 Å². The molecular weight excluding hydrogens is 360 g/mol. The second-order valence-electron chi connectivity index (χ2n) is 6.54. The fraction of sp³-hybridized carbons (Fsp3) is 0.200. The van der Waals surface area contributed by atoms with Crippen LogP contribution in [0.25, 0.3) is 5.69 Å². The predicted octanol–water partition coefficient (Wildman–Crippen LogP) is 3.68. The summed E-state index contributed by atoms with van der Waals surface area (Å²) < 4.78 is 7.05. The van der Waals surface area contributed by atoms with E-state index in [4.69, 9.17) is 4.74 Å². The lowest BCUT2D eigenvalue weighted by Crippen LogP contribution is -2.22. The summed E-state index contributed by atoms with van der Waals surface area (Å²) in [5.74, 6) is 0.614. The number of nitro groups is 1. The van der Waals surface area contributed by atoms with E-state index in [-0.39, 0.29) is 18.0 Å². The summed E-state index contributed by atoms with van der Waals surface area (Å²) >= 11 is 0. The van der Waals surface area contributed by atoms with Gasteiger partial charge in [0.2, 0.25) is 0 Å². The molecule has 4 rings (SSSR count). The van der Waals surface area contributed by atoms with Gasteiger partial charge >= 0.3 is 5.69 Å². The third-order valence-electron chi connectivity index (χ3n) is 4.41. The highest BCUT2D eigenvalue weighted by atomic mass is 16.6. The molecule has 1 aliphatic rings. The van der Waals surface area contributed by atoms with Crippen LogP contribution in [-0.4, -0.2) is 27.2 Å². The molecule has 142 valence electrons. The molecule has 0 saturated heterocycles. The van der Waals surface area contributed by atoms with Gasteiger partial charge in [0.25, 0.3) is 5.91 Å². The van der Waals surface area contributed by atoms with E-state index in [2.05, 4.69) is 10.4 Å². The Labute approximate surface area is 160 Å². The number of nitrogens with one attached hydrogen (secondary N) is 1. The first-order valence-electron chi connectivity index (χ1n) is 8.93. The number of ether oxygens (including phenoxy) is 1. The Bertz CT molecular complexity index is 1010. The molecule has 1 amide bonds. The molecule has 0 unspecified atom stereocenters. The van der Waals surface area contributed by atoms with Gasteiger partial charge in [0.1, 0.15) is 5.82 Å². The molecule has 8 heteroatoms. The second-order valence-corrected chi connectivity index (χ2v) is 6.54. The van der Waals surface area contributed by atoms with Crippen molar-refractivity contribution in [3.05, 3.63) is 76.5 Å². The summed E-state index contributed by atoms with van der Waals surface area (Å²) in [4.78, 5) is 22.9. The minimum Gasteiger partial charge on any atom is -0.477 e. The summed E-state index contributed by atoms with van der Waals surface area (Å²) in [5, 5.41) is 18.5. The van der Waals surface area contributed by atoms with Crippen LogP contribution >= 0.6 is 0 Å². The Morgan fingerprint density at radius 2 is 1.89 bits per heavy atom. The maximum atomic E-state index is 12.4. The van der Waals surface area contributed by atoms with E-state index in [1.54, 1.807) is 16.8 Å². The van der Waals surface area contributed by atoms with Gasteiger partial charge in [0.05, 0.1) is 16.3 Å². The normalized spacial score (nSPS) is 13.1. The Morgan fingerprint density at radius 1 is 1.18 bits per heavy atom. The molecule has 0 atom stereocenters. The van der Waals surface area contributed by atoms with Gasteiger partial charge in [-0.1, -0.05) is 30.3 Å². The molecular formula is C20H18N4O4. The lowest BCUT2D eigenvalue weighted by molar-refractivity contribution is -0.385. The number of para-hydroxylation sites is 3. The van der Waals surface area contributed by atoms with E-state index < -0.39 is 10.8 Å². The van der Waals surface area contributed by atoms with Crippen molar-refractivity contribution in [2.75, 3.05) is 11.9 Å². The van der Waals surface area contributed by atoms with Crippen LogP contribution in [-0.2, 0) is 4.79 Å². The van der Waals surface area contributed by atoms with Crippen LogP contribution in [0, 0.1) is 10.1 Å². The molecule has 1 aromatic heterocycles. The molecule has 28 heavy (non-hydrogen) atoms. The predicted molar refractivity (Wildman–Crippen MR) is 103 cm³/mol. The van der Waals surface area contributed by atoms with E-state index >= 15 is 0 Å². The zero-order valence-corrected chi connectivity index (χ0v) is 14.9. The van der Waals surface area contributed by atoms with E-state index in [9.17, 15) is 14.9 Å². The molecule has 1 aliphatic carbocycles. The fourth-order valence-corrected chi connectivity index (χ4v) is 2.89. The van der Waals surface area contributed by atoms with Gasteiger partial charge in [-0.15, -0.1) is 0 Å². The van der Waals surface area contributed by atoms with Crippen molar-refractivity contribution in [3.8, 4) is 11.4 Å². The van der Waals surface area contributed by atoms with Crippen LogP contribution in [0.15, 0.2) is 60.7 Å². The lowest BCUT2D eigenvalue weighted by Gasteiger charge is -2.10. The molecule has 1 N–H and O–H groups in total. The smallest absolute Gasteiger partial charge is 0.310 e. The molecule has 3 aromatic rings. The molecule has 2 aromatic carbocycles. The summed E-state index contributed by atoms with van der Waals surface area (Å²) in [6, 6.07) is 17.3. The summed E-state index contributed by atoms with van der Waals surface area (Å²) in [5.41, 5.74) is 1.60. The maximum Gasteiger partial charge on any atom is 0.310 e. The number of benzene rings is 2. The van der Waals surface area contributed by atoms with Crippen LogP contribution in [0.1, 0.15) is 24.5 Å². The van der Waals surface area contributed by atoms with Crippen molar-refractivity contribution in [3.63, 3.8) is 0 Å². The Kier molecular flexibility index (Phi) is 4.76. The number of hydrogen-bond donors (Lipinski definition) is 1. The number of anilines is 1. The highest BCUT2D eigenvalue weighted by Gasteiger charge is 2.28. The molecule has 0 spiro atoms. The van der Waals surface area contributed by atoms with Crippen molar-refractivity contribution in [2.24, 2.45) is 0 Å². The fourth-order valence-electron chi connectivity index (χ4n) is 2.89. The molecule has 0 aliphatic heterocycles. The standard InChI is InChI=1S/C20H18N4O4/c25-20(13-28-18-9-5-4-8-17(18)24(26)27)21-19-12-16(14-10-11-14)22-23(19)15-6-2-1-3-7-15/h1-9,12,14H,10-11,13H2,(H,21,25). The number of nitrogens with zero attached hydrogens (tertiary/aromatic N) is 3. The topological polar surface area (TPSA) is 99.3 Å². The number of aromatic nitrogens is 2. The Balaban J connectivity index is 1.50. The maximum absolute atomic E-state index is 12.4. The minimum atomic E-state index is -0.542. The van der Waals surface area contributed by atoms with Crippen molar-refractivity contribution >= 4 is 17.4 Å². The third-order valence-corrected chi connectivity index (χ3v) is 4.41. The number of rotatable bonds is 7. The molecule has 1 fully saturated rings. The number of hydrogen-bond acceptors (Lipinski definition) is 5. The van der Waals surface area contributed by atoms with Crippen molar-refractivity contribution in [2.45, 2.75) is 18.8 Å². The molecule has 8 nitrogen and oxygen atoms in total. The number of carbonyl (C=O) groups excluding carboxylic acids is 1. The zero-order chi connectivity index (χ0) is 19.5. The van der Waals surface area contributed by atoms with E-state index in [1.807, 2.05) is 36.4 Å². The lowest BCUT2D eigenvalue weighted by atomic mass is 10.3. The van der Waals surface area contributed by atoms with Crippen LogP contribution in [0.5, 0.6) is 5.75 Å². The SMILES string of the molecule is O=C(COc1ccccc1[N+](=O)[O-])Nc1cc(C2CC2)nn1-c1ccccc1. The van der Waals surface area contributed by atoms with Gasteiger partial charge < -0.3 is 10.1 Å². The second kappa shape index (κ2) is 7.51. The Morgan fingerprint density at radius 3 is 2.61 bits per heavy atom. The van der Waals surface area contributed by atoms with E-state index in [0.717, 1.165) is 24.2 Å². The number of carbonyl (C=O) groups is 1. The number of amides is 1. The average molecular weight is 378 g/mol. The van der Waals surface area contributed by atoms with Crippen LogP contribution < -0.4 is 10.1 Å². The first-order valence-corrected chi connectivity index (χ1v) is 8.93. The molecule has 1 saturated carbocycles. The monoisotopic (exact) mass is 378 g/mol. The largest absolute Gasteiger partial charge is 0.477 e. The van der Waals surface area contributed by atoms with Gasteiger partial charge in [-0.25, -0.2) is 4.68 Å². The first-order chi connectivity index (χ1) is 13.6. The summed E-state index contributed by atoms with van der Waals surface area (Å²) in [6.07, 6.45) is 2.19. The van der Waals surface area contributed by atoms with Gasteiger partial charge in [-0.05, 0) is 31.0 Å². The van der Waals surface area contributed by atoms with Crippen molar-refractivity contribution in [1.29, 1.82) is 0 Å². The van der Waals surface area contributed by atoms with Crippen LogP contribution in [0.3, 0.4) is 0 Å². The highest BCUT2D eigenvalue weighted by molar-refractivity contribution is 5.91. The van der Waals surface area contributed by atoms with Gasteiger partial charge in [-0.3, -0.25) is 14.9 Å².